The fourth-order valence-electron chi connectivity index (χ4n) is 1.61. The highest BCUT2D eigenvalue weighted by atomic mass is 19.1. The van der Waals surface area contributed by atoms with Crippen LogP contribution < -0.4 is 10.6 Å². The Kier molecular flexibility index (Phi) is 3.72. The number of nitrogens with zero attached hydrogens (tertiary/aromatic N) is 2. The second kappa shape index (κ2) is 5.44. The number of aromatic nitrogens is 2. The van der Waals surface area contributed by atoms with Gasteiger partial charge in [0.1, 0.15) is 17.5 Å². The highest BCUT2D eigenvalue weighted by molar-refractivity contribution is 5.42. The molecule has 5 heteroatoms. The van der Waals surface area contributed by atoms with Crippen molar-refractivity contribution in [3.8, 4) is 0 Å². The van der Waals surface area contributed by atoms with Crippen LogP contribution in [0.2, 0.25) is 0 Å². The molecule has 2 rings (SSSR count). The van der Waals surface area contributed by atoms with E-state index in [1.807, 2.05) is 6.92 Å². The van der Waals surface area contributed by atoms with Gasteiger partial charge in [0, 0.05) is 13.1 Å². The van der Waals surface area contributed by atoms with E-state index in [0.717, 1.165) is 5.56 Å². The first kappa shape index (κ1) is 12.3. The molecule has 0 radical (unpaired) electrons. The molecule has 1 heterocycles. The van der Waals surface area contributed by atoms with Gasteiger partial charge in [-0.3, -0.25) is 4.98 Å². The Morgan fingerprint density at radius 2 is 1.78 bits per heavy atom. The summed E-state index contributed by atoms with van der Waals surface area (Å²) in [4.78, 5) is 8.38. The Morgan fingerprint density at radius 3 is 2.44 bits per heavy atom. The monoisotopic (exact) mass is 246 g/mol. The van der Waals surface area contributed by atoms with E-state index < -0.39 is 0 Å². The van der Waals surface area contributed by atoms with Gasteiger partial charge in [-0.05, 0) is 24.6 Å². The zero-order valence-electron chi connectivity index (χ0n) is 10.3. The highest BCUT2D eigenvalue weighted by Gasteiger charge is 2.06. The summed E-state index contributed by atoms with van der Waals surface area (Å²) in [5.41, 5.74) is 0.994. The number of rotatable bonds is 4. The molecule has 1 aromatic heterocycles. The number of benzene rings is 1. The van der Waals surface area contributed by atoms with Crippen molar-refractivity contribution >= 4 is 11.6 Å². The fourth-order valence-corrected chi connectivity index (χ4v) is 1.61. The Morgan fingerprint density at radius 1 is 1.11 bits per heavy atom. The van der Waals surface area contributed by atoms with Gasteiger partial charge in [-0.15, -0.1) is 0 Å². The molecule has 0 saturated heterocycles. The van der Waals surface area contributed by atoms with Gasteiger partial charge < -0.3 is 10.6 Å². The Balaban J connectivity index is 2.10. The summed E-state index contributed by atoms with van der Waals surface area (Å²) in [5, 5.41) is 6.14. The predicted octanol–water partition coefficient (Wildman–Crippen LogP) is 2.83. The maximum atomic E-state index is 12.8. The maximum absolute atomic E-state index is 12.8. The van der Waals surface area contributed by atoms with E-state index in [0.29, 0.717) is 11.6 Å². The molecule has 0 saturated carbocycles. The van der Waals surface area contributed by atoms with Gasteiger partial charge in [-0.1, -0.05) is 12.1 Å². The summed E-state index contributed by atoms with van der Waals surface area (Å²) in [6.07, 6.45) is 3.30. The van der Waals surface area contributed by atoms with Crippen LogP contribution in [-0.4, -0.2) is 17.0 Å². The molecular formula is C13H15FN4. The van der Waals surface area contributed by atoms with Crippen molar-refractivity contribution < 1.29 is 4.39 Å². The summed E-state index contributed by atoms with van der Waals surface area (Å²) < 4.78 is 12.8. The molecular weight excluding hydrogens is 231 g/mol. The van der Waals surface area contributed by atoms with Crippen LogP contribution in [0.4, 0.5) is 16.0 Å². The second-order valence-electron chi connectivity index (χ2n) is 3.96. The average Bonchev–Trinajstić information content (AvgIpc) is 2.39. The smallest absolute Gasteiger partial charge is 0.147 e. The second-order valence-corrected chi connectivity index (χ2v) is 3.96. The number of nitrogens with one attached hydrogen (secondary N) is 2. The van der Waals surface area contributed by atoms with Crippen molar-refractivity contribution in [3.05, 3.63) is 48.0 Å². The summed E-state index contributed by atoms with van der Waals surface area (Å²) in [6, 6.07) is 6.43. The first-order valence-corrected chi connectivity index (χ1v) is 5.71. The summed E-state index contributed by atoms with van der Waals surface area (Å²) in [5.74, 6) is 1.15. The lowest BCUT2D eigenvalue weighted by Gasteiger charge is -2.15. The number of anilines is 2. The molecule has 2 aromatic rings. The molecule has 0 fully saturated rings. The lowest BCUT2D eigenvalue weighted by molar-refractivity contribution is 0.626. The number of hydrogen-bond donors (Lipinski definition) is 2. The predicted molar refractivity (Wildman–Crippen MR) is 70.0 cm³/mol. The molecule has 1 aromatic carbocycles. The average molecular weight is 246 g/mol. The van der Waals surface area contributed by atoms with Crippen molar-refractivity contribution in [1.29, 1.82) is 0 Å². The van der Waals surface area contributed by atoms with Crippen molar-refractivity contribution in [2.24, 2.45) is 0 Å². The Hall–Kier alpha value is -2.17. The van der Waals surface area contributed by atoms with Gasteiger partial charge in [-0.25, -0.2) is 9.37 Å². The van der Waals surface area contributed by atoms with Gasteiger partial charge in [0.15, 0.2) is 0 Å². The molecule has 0 aliphatic heterocycles. The van der Waals surface area contributed by atoms with Crippen LogP contribution in [0, 0.1) is 5.82 Å². The molecule has 0 bridgehead atoms. The Labute approximate surface area is 105 Å². The molecule has 0 amide bonds. The van der Waals surface area contributed by atoms with Crippen LogP contribution in [0.3, 0.4) is 0 Å². The van der Waals surface area contributed by atoms with Crippen molar-refractivity contribution in [1.82, 2.24) is 9.97 Å². The molecule has 18 heavy (non-hydrogen) atoms. The first-order valence-electron chi connectivity index (χ1n) is 5.71. The summed E-state index contributed by atoms with van der Waals surface area (Å²) >= 11 is 0. The van der Waals surface area contributed by atoms with Gasteiger partial charge in [0.05, 0.1) is 12.4 Å². The van der Waals surface area contributed by atoms with Gasteiger partial charge in [0.2, 0.25) is 0 Å². The summed E-state index contributed by atoms with van der Waals surface area (Å²) in [7, 11) is 1.79. The number of halogens is 1. The lowest BCUT2D eigenvalue weighted by Crippen LogP contribution is -2.09. The van der Waals surface area contributed by atoms with Crippen molar-refractivity contribution in [3.63, 3.8) is 0 Å². The van der Waals surface area contributed by atoms with Crippen LogP contribution >= 0.6 is 0 Å². The minimum absolute atomic E-state index is 0.0343. The van der Waals surface area contributed by atoms with E-state index in [1.165, 1.54) is 12.1 Å². The van der Waals surface area contributed by atoms with E-state index in [9.17, 15) is 4.39 Å². The van der Waals surface area contributed by atoms with Gasteiger partial charge in [-0.2, -0.15) is 0 Å². The molecule has 0 aliphatic rings. The molecule has 1 unspecified atom stereocenters. The molecule has 2 N–H and O–H groups in total. The first-order chi connectivity index (χ1) is 8.69. The van der Waals surface area contributed by atoms with E-state index >= 15 is 0 Å². The standard InChI is InChI=1S/C13H15FN4/c1-9(10-3-5-11(14)6-4-10)17-13-8-16-7-12(15-2)18-13/h3-9H,1-2H3,(H2,15,17,18). The molecule has 1 atom stereocenters. The van der Waals surface area contributed by atoms with Crippen LogP contribution in [0.1, 0.15) is 18.5 Å². The normalized spacial score (nSPS) is 11.9. The fraction of sp³-hybridized carbons (Fsp3) is 0.231. The summed E-state index contributed by atoms with van der Waals surface area (Å²) in [6.45, 7) is 1.99. The SMILES string of the molecule is CNc1cncc(NC(C)c2ccc(F)cc2)n1. The number of hydrogen-bond acceptors (Lipinski definition) is 4. The van der Waals surface area contributed by atoms with Crippen LogP contribution in [0.15, 0.2) is 36.7 Å². The van der Waals surface area contributed by atoms with Crippen LogP contribution in [0.25, 0.3) is 0 Å². The molecule has 4 nitrogen and oxygen atoms in total. The zero-order chi connectivity index (χ0) is 13.0. The topological polar surface area (TPSA) is 49.8 Å². The van der Waals surface area contributed by atoms with E-state index in [-0.39, 0.29) is 11.9 Å². The zero-order valence-corrected chi connectivity index (χ0v) is 10.3. The minimum atomic E-state index is -0.233. The Bertz CT molecular complexity index is 513. The third kappa shape index (κ3) is 2.94. The van der Waals surface area contributed by atoms with E-state index in [1.54, 1.807) is 31.6 Å². The lowest BCUT2D eigenvalue weighted by atomic mass is 10.1. The third-order valence-electron chi connectivity index (χ3n) is 2.63. The van der Waals surface area contributed by atoms with Gasteiger partial charge in [0.25, 0.3) is 0 Å². The van der Waals surface area contributed by atoms with E-state index in [4.69, 9.17) is 0 Å². The third-order valence-corrected chi connectivity index (χ3v) is 2.63. The van der Waals surface area contributed by atoms with Gasteiger partial charge >= 0.3 is 0 Å². The van der Waals surface area contributed by atoms with Crippen LogP contribution in [0.5, 0.6) is 0 Å². The van der Waals surface area contributed by atoms with Crippen molar-refractivity contribution in [2.75, 3.05) is 17.7 Å². The molecule has 0 spiro atoms. The van der Waals surface area contributed by atoms with Crippen molar-refractivity contribution in [2.45, 2.75) is 13.0 Å². The largest absolute Gasteiger partial charge is 0.372 e. The minimum Gasteiger partial charge on any atom is -0.372 e. The van der Waals surface area contributed by atoms with E-state index in [2.05, 4.69) is 20.6 Å². The van der Waals surface area contributed by atoms with Crippen LogP contribution in [-0.2, 0) is 0 Å². The maximum Gasteiger partial charge on any atom is 0.147 e. The molecule has 0 aliphatic carbocycles. The molecule has 94 valence electrons. The quantitative estimate of drug-likeness (QED) is 0.871. The highest BCUT2D eigenvalue weighted by Crippen LogP contribution is 2.18.